The fraction of sp³-hybridized carbons (Fsp3) is 0.0526. The molecule has 0 bridgehead atoms. The van der Waals surface area contributed by atoms with Gasteiger partial charge in [-0.15, -0.1) is 0 Å². The van der Waals surface area contributed by atoms with Crippen LogP contribution in [0.2, 0.25) is 0 Å². The van der Waals surface area contributed by atoms with Crippen molar-refractivity contribution in [1.29, 1.82) is 0 Å². The molecule has 0 heterocycles. The standard InChI is InChI=1S/C19H14O10S3.3H3N/c1-2-9-29-17-18(31(23,24)25)12-5-3-10-4-8-14(30(20,21)22)11-6-7-13(16(12)15(10)11)19(17)32(26,27)28;;;/h2-8H,1,9H2,(H,20,21,22)(H,23,24,25)(H,26,27,28);3*1H3. The molecule has 0 saturated heterocycles. The first-order valence-electron chi connectivity index (χ1n) is 8.65. The molecule has 16 heteroatoms. The van der Waals surface area contributed by atoms with Gasteiger partial charge in [0.1, 0.15) is 46.8 Å². The Bertz CT molecular complexity index is 1710. The Kier molecular flexibility index (Phi) is 8.26. The first-order valence-corrected chi connectivity index (χ1v) is 12.9. The Balaban J connectivity index is 0.00000204. The highest BCUT2D eigenvalue weighted by molar-refractivity contribution is 7.87. The largest absolute Gasteiger partial charge is 0.744 e. The Morgan fingerprint density at radius 1 is 0.686 bits per heavy atom. The second-order valence-corrected chi connectivity index (χ2v) is 10.7. The Labute approximate surface area is 200 Å². The van der Waals surface area contributed by atoms with E-state index < -0.39 is 57.4 Å². The molecule has 0 amide bonds. The fourth-order valence-electron chi connectivity index (χ4n) is 3.84. The van der Waals surface area contributed by atoms with Crippen molar-refractivity contribution in [2.24, 2.45) is 0 Å². The van der Waals surface area contributed by atoms with E-state index in [-0.39, 0.29) is 45.4 Å². The van der Waals surface area contributed by atoms with Crippen molar-refractivity contribution >= 4 is 62.7 Å². The number of quaternary nitrogens is 3. The molecule has 4 aromatic carbocycles. The lowest BCUT2D eigenvalue weighted by Crippen LogP contribution is -2.12. The van der Waals surface area contributed by atoms with E-state index in [9.17, 15) is 38.9 Å². The normalized spacial score (nSPS) is 12.1. The summed E-state index contributed by atoms with van der Waals surface area (Å²) in [6.45, 7) is 2.95. The number of hydrogen-bond acceptors (Lipinski definition) is 10. The van der Waals surface area contributed by atoms with E-state index in [2.05, 4.69) is 6.58 Å². The number of benzene rings is 4. The van der Waals surface area contributed by atoms with Crippen LogP contribution in [0.1, 0.15) is 0 Å². The van der Waals surface area contributed by atoms with Gasteiger partial charge in [-0.25, -0.2) is 25.3 Å². The SMILES string of the molecule is C=CCOc1c(S(=O)(=O)[O-])c2ccc3ccc(S(=O)(=O)[O-])c4ccc(c1S(=O)(=O)[O-])c2c34.[NH4+].[NH4+].[NH4+]. The van der Waals surface area contributed by atoms with Gasteiger partial charge < -0.3 is 36.8 Å². The number of ether oxygens (including phenoxy) is 1. The van der Waals surface area contributed by atoms with Gasteiger partial charge in [-0.3, -0.25) is 0 Å². The molecule has 35 heavy (non-hydrogen) atoms. The predicted molar refractivity (Wildman–Crippen MR) is 128 cm³/mol. The molecule has 0 unspecified atom stereocenters. The van der Waals surface area contributed by atoms with Gasteiger partial charge >= 0.3 is 0 Å². The van der Waals surface area contributed by atoms with Gasteiger partial charge in [0, 0.05) is 21.5 Å². The van der Waals surface area contributed by atoms with Gasteiger partial charge in [0.15, 0.2) is 5.75 Å². The minimum Gasteiger partial charge on any atom is -0.744 e. The van der Waals surface area contributed by atoms with E-state index in [1.807, 2.05) is 0 Å². The lowest BCUT2D eigenvalue weighted by atomic mass is 9.94. The molecule has 12 N–H and O–H groups in total. The van der Waals surface area contributed by atoms with E-state index in [0.29, 0.717) is 5.39 Å². The monoisotopic (exact) mass is 549 g/mol. The summed E-state index contributed by atoms with van der Waals surface area (Å²) in [5.74, 6) is -0.947. The maximum Gasteiger partial charge on any atom is 0.156 e. The molecule has 4 aromatic rings. The average Bonchev–Trinajstić information content (AvgIpc) is 2.66. The van der Waals surface area contributed by atoms with Gasteiger partial charge in [0.2, 0.25) is 0 Å². The van der Waals surface area contributed by atoms with E-state index >= 15 is 0 Å². The summed E-state index contributed by atoms with van der Waals surface area (Å²) in [6, 6.07) is 7.09. The molecule has 0 radical (unpaired) electrons. The van der Waals surface area contributed by atoms with Crippen LogP contribution in [0.15, 0.2) is 63.7 Å². The molecule has 0 atom stereocenters. The van der Waals surface area contributed by atoms with Gasteiger partial charge in [-0.05, 0) is 16.8 Å². The highest BCUT2D eigenvalue weighted by atomic mass is 32.2. The molecule has 192 valence electrons. The van der Waals surface area contributed by atoms with Crippen LogP contribution in [0.5, 0.6) is 5.75 Å². The maximum atomic E-state index is 12.2. The smallest absolute Gasteiger partial charge is 0.156 e. The van der Waals surface area contributed by atoms with Gasteiger partial charge in [0.25, 0.3) is 0 Å². The minimum atomic E-state index is -5.40. The van der Waals surface area contributed by atoms with Gasteiger partial charge in [-0.1, -0.05) is 43.0 Å². The van der Waals surface area contributed by atoms with Crippen LogP contribution >= 0.6 is 0 Å². The third kappa shape index (κ3) is 4.79. The van der Waals surface area contributed by atoms with Crippen LogP contribution in [0, 0.1) is 0 Å². The van der Waals surface area contributed by atoms with Crippen LogP contribution < -0.4 is 23.2 Å². The van der Waals surface area contributed by atoms with Gasteiger partial charge in [0.05, 0.1) is 4.90 Å². The third-order valence-electron chi connectivity index (χ3n) is 4.89. The zero-order valence-electron chi connectivity index (χ0n) is 18.8. The highest BCUT2D eigenvalue weighted by Gasteiger charge is 2.28. The van der Waals surface area contributed by atoms with Crippen molar-refractivity contribution in [3.05, 3.63) is 49.1 Å². The van der Waals surface area contributed by atoms with Crippen LogP contribution in [0.25, 0.3) is 32.3 Å². The molecule has 0 saturated carbocycles. The topological polar surface area (TPSA) is 290 Å². The zero-order valence-corrected chi connectivity index (χ0v) is 21.2. The number of rotatable bonds is 6. The summed E-state index contributed by atoms with van der Waals surface area (Å²) in [4.78, 5) is -2.82. The zero-order chi connectivity index (χ0) is 23.6. The second kappa shape index (κ2) is 9.61. The second-order valence-electron chi connectivity index (χ2n) is 6.76. The first kappa shape index (κ1) is 30.1. The van der Waals surface area contributed by atoms with Crippen LogP contribution in [0.3, 0.4) is 0 Å². The van der Waals surface area contributed by atoms with Crippen LogP contribution in [-0.2, 0) is 30.4 Å². The lowest BCUT2D eigenvalue weighted by Gasteiger charge is -2.24. The van der Waals surface area contributed by atoms with E-state index in [4.69, 9.17) is 4.74 Å². The van der Waals surface area contributed by atoms with E-state index in [0.717, 1.165) is 24.3 Å². The van der Waals surface area contributed by atoms with E-state index in [1.165, 1.54) is 18.2 Å². The molecule has 4 rings (SSSR count). The summed E-state index contributed by atoms with van der Waals surface area (Å²) in [6.07, 6.45) is 1.15. The molecular formula is C19H23N3O10S3. The molecule has 0 aromatic heterocycles. The molecule has 13 nitrogen and oxygen atoms in total. The van der Waals surface area contributed by atoms with E-state index in [1.54, 1.807) is 0 Å². The summed E-state index contributed by atoms with van der Waals surface area (Å²) < 4.78 is 113. The molecule has 0 aliphatic carbocycles. The third-order valence-corrected chi connectivity index (χ3v) is 7.59. The first-order chi connectivity index (χ1) is 14.8. The highest BCUT2D eigenvalue weighted by Crippen LogP contribution is 2.47. The van der Waals surface area contributed by atoms with Crippen molar-refractivity contribution in [1.82, 2.24) is 18.5 Å². The quantitative estimate of drug-likeness (QED) is 0.179. The molecular weight excluding hydrogens is 526 g/mol. The lowest BCUT2D eigenvalue weighted by molar-refractivity contribution is 0.339. The van der Waals surface area contributed by atoms with Crippen LogP contribution in [-0.4, -0.2) is 45.5 Å². The summed E-state index contributed by atoms with van der Waals surface area (Å²) in [7, 11) is -15.8. The van der Waals surface area contributed by atoms with Crippen molar-refractivity contribution in [2.75, 3.05) is 6.61 Å². The van der Waals surface area contributed by atoms with Crippen molar-refractivity contribution in [3.8, 4) is 5.75 Å². The Morgan fingerprint density at radius 3 is 1.60 bits per heavy atom. The number of hydrogen-bond donors (Lipinski definition) is 3. The van der Waals surface area contributed by atoms with Crippen molar-refractivity contribution in [3.63, 3.8) is 0 Å². The maximum absolute atomic E-state index is 12.2. The van der Waals surface area contributed by atoms with Crippen molar-refractivity contribution < 1.29 is 43.6 Å². The Hall–Kier alpha value is -2.93. The summed E-state index contributed by atoms with van der Waals surface area (Å²) in [5, 5.41) is -0.574. The molecule has 0 fully saturated rings. The molecule has 0 aliphatic heterocycles. The Morgan fingerprint density at radius 2 is 1.14 bits per heavy atom. The summed E-state index contributed by atoms with van der Waals surface area (Å²) in [5.41, 5.74) is 0. The molecule has 0 spiro atoms. The van der Waals surface area contributed by atoms with Gasteiger partial charge in [-0.2, -0.15) is 0 Å². The summed E-state index contributed by atoms with van der Waals surface area (Å²) >= 11 is 0. The average molecular weight is 550 g/mol. The fourth-order valence-corrected chi connectivity index (χ4v) is 6.23. The van der Waals surface area contributed by atoms with Crippen LogP contribution in [0.4, 0.5) is 0 Å². The molecule has 0 aliphatic rings. The van der Waals surface area contributed by atoms with Crippen molar-refractivity contribution in [2.45, 2.75) is 14.7 Å². The minimum absolute atomic E-state index is 0. The predicted octanol–water partition coefficient (Wildman–Crippen LogP) is 2.99.